The summed E-state index contributed by atoms with van der Waals surface area (Å²) in [7, 11) is 2.81. The Morgan fingerprint density at radius 3 is 2.52 bits per heavy atom. The van der Waals surface area contributed by atoms with Crippen LogP contribution < -0.4 is 24.7 Å². The van der Waals surface area contributed by atoms with Gasteiger partial charge in [0.1, 0.15) is 5.75 Å². The van der Waals surface area contributed by atoms with Crippen LogP contribution in [-0.2, 0) is 20.9 Å². The SMILES string of the molecule is COC(=O)c1ccc(N2C(=O)CC(NCc3c([O-])on[n+]3-c3ccc(OC)cc3)C2=O)cc1. The molecule has 2 aromatic carbocycles. The molecule has 1 atom stereocenters. The second-order valence-electron chi connectivity index (χ2n) is 7.16. The number of methoxy groups -OCH3 is 2. The van der Waals surface area contributed by atoms with Crippen LogP contribution >= 0.6 is 0 Å². The third-order valence-corrected chi connectivity index (χ3v) is 5.22. The monoisotopic (exact) mass is 452 g/mol. The lowest BCUT2D eigenvalue weighted by atomic mass is 10.2. The molecule has 170 valence electrons. The summed E-state index contributed by atoms with van der Waals surface area (Å²) in [5.41, 5.74) is 1.37. The molecule has 2 heterocycles. The van der Waals surface area contributed by atoms with Crippen LogP contribution in [0.2, 0.25) is 0 Å². The smallest absolute Gasteiger partial charge is 0.337 e. The zero-order valence-electron chi connectivity index (χ0n) is 17.8. The number of benzene rings is 2. The van der Waals surface area contributed by atoms with Crippen molar-refractivity contribution in [2.24, 2.45) is 0 Å². The Morgan fingerprint density at radius 2 is 1.88 bits per heavy atom. The number of hydrogen-bond acceptors (Lipinski definition) is 9. The average molecular weight is 452 g/mol. The van der Waals surface area contributed by atoms with Gasteiger partial charge in [-0.05, 0) is 41.1 Å². The fraction of sp³-hybridized carbons (Fsp3) is 0.227. The molecule has 2 amide bonds. The first kappa shape index (κ1) is 22.0. The molecule has 1 aliphatic heterocycles. The normalized spacial score (nSPS) is 15.7. The molecular weight excluding hydrogens is 432 g/mol. The summed E-state index contributed by atoms with van der Waals surface area (Å²) in [5.74, 6) is -1.41. The van der Waals surface area contributed by atoms with Gasteiger partial charge < -0.3 is 19.1 Å². The van der Waals surface area contributed by atoms with E-state index in [2.05, 4.69) is 15.3 Å². The molecule has 1 saturated heterocycles. The molecule has 11 heteroatoms. The Labute approximate surface area is 188 Å². The van der Waals surface area contributed by atoms with Gasteiger partial charge in [-0.3, -0.25) is 14.9 Å². The largest absolute Gasteiger partial charge is 0.539 e. The van der Waals surface area contributed by atoms with Crippen LogP contribution in [-0.4, -0.2) is 43.3 Å². The van der Waals surface area contributed by atoms with E-state index in [-0.39, 0.29) is 18.7 Å². The van der Waals surface area contributed by atoms with E-state index >= 15 is 0 Å². The highest BCUT2D eigenvalue weighted by Gasteiger charge is 2.40. The Morgan fingerprint density at radius 1 is 1.18 bits per heavy atom. The minimum atomic E-state index is -0.837. The third-order valence-electron chi connectivity index (χ3n) is 5.22. The molecule has 0 bridgehead atoms. The first-order chi connectivity index (χ1) is 15.9. The number of aromatic nitrogens is 2. The van der Waals surface area contributed by atoms with Crippen molar-refractivity contribution in [1.82, 2.24) is 10.6 Å². The maximum atomic E-state index is 12.9. The van der Waals surface area contributed by atoms with Gasteiger partial charge in [0, 0.05) is 12.1 Å². The molecule has 0 radical (unpaired) electrons. The van der Waals surface area contributed by atoms with Crippen molar-refractivity contribution in [2.45, 2.75) is 19.0 Å². The maximum Gasteiger partial charge on any atom is 0.337 e. The molecular formula is C22H20N4O7. The number of ether oxygens (including phenoxy) is 2. The third kappa shape index (κ3) is 4.26. The van der Waals surface area contributed by atoms with Gasteiger partial charge in [-0.25, -0.2) is 9.69 Å². The van der Waals surface area contributed by atoms with Crippen LogP contribution in [0.15, 0.2) is 53.1 Å². The summed E-state index contributed by atoms with van der Waals surface area (Å²) in [6.45, 7) is -0.0484. The molecule has 1 aliphatic rings. The van der Waals surface area contributed by atoms with Gasteiger partial charge in [-0.1, -0.05) is 0 Å². The number of carbonyl (C=O) groups is 3. The average Bonchev–Trinajstić information content (AvgIpc) is 3.35. The maximum absolute atomic E-state index is 12.9. The van der Waals surface area contributed by atoms with E-state index in [1.807, 2.05) is 0 Å². The lowest BCUT2D eigenvalue weighted by Gasteiger charge is -2.15. The summed E-state index contributed by atoms with van der Waals surface area (Å²) in [6, 6.07) is 11.9. The highest BCUT2D eigenvalue weighted by atomic mass is 16.6. The van der Waals surface area contributed by atoms with Gasteiger partial charge in [-0.15, -0.1) is 0 Å². The quantitative estimate of drug-likeness (QED) is 0.303. The molecule has 1 fully saturated rings. The van der Waals surface area contributed by atoms with Crippen molar-refractivity contribution >= 4 is 23.5 Å². The molecule has 1 aromatic heterocycles. The van der Waals surface area contributed by atoms with Crippen LogP contribution in [0.5, 0.6) is 11.7 Å². The number of rotatable bonds is 7. The number of imide groups is 1. The highest BCUT2D eigenvalue weighted by Crippen LogP contribution is 2.24. The first-order valence-electron chi connectivity index (χ1n) is 9.93. The van der Waals surface area contributed by atoms with Gasteiger partial charge in [0.05, 0.1) is 49.7 Å². The van der Waals surface area contributed by atoms with E-state index in [1.165, 1.54) is 36.1 Å². The van der Waals surface area contributed by atoms with Gasteiger partial charge in [0.2, 0.25) is 11.6 Å². The zero-order valence-corrected chi connectivity index (χ0v) is 17.8. The summed E-state index contributed by atoms with van der Waals surface area (Å²) >= 11 is 0. The lowest BCUT2D eigenvalue weighted by Crippen LogP contribution is -2.43. The Balaban J connectivity index is 1.48. The number of nitrogens with one attached hydrogen (secondary N) is 1. The van der Waals surface area contributed by atoms with Crippen LogP contribution in [0, 0.1) is 0 Å². The van der Waals surface area contributed by atoms with Crippen LogP contribution in [0.1, 0.15) is 22.5 Å². The predicted molar refractivity (Wildman–Crippen MR) is 110 cm³/mol. The van der Waals surface area contributed by atoms with Crippen molar-refractivity contribution in [3.05, 3.63) is 59.8 Å². The number of nitrogens with zero attached hydrogens (tertiary/aromatic N) is 3. The molecule has 11 nitrogen and oxygen atoms in total. The van der Waals surface area contributed by atoms with Crippen molar-refractivity contribution in [3.8, 4) is 17.4 Å². The van der Waals surface area contributed by atoms with Crippen molar-refractivity contribution in [1.29, 1.82) is 0 Å². The Bertz CT molecular complexity index is 1190. The zero-order chi connectivity index (χ0) is 23.5. The van der Waals surface area contributed by atoms with E-state index in [1.54, 1.807) is 31.4 Å². The van der Waals surface area contributed by atoms with Crippen molar-refractivity contribution < 1.29 is 38.2 Å². The first-order valence-corrected chi connectivity index (χ1v) is 9.93. The minimum Gasteiger partial charge on any atom is -0.539 e. The molecule has 3 aromatic rings. The minimum absolute atomic E-state index is 0.0484. The molecule has 1 N–H and O–H groups in total. The van der Waals surface area contributed by atoms with Crippen LogP contribution in [0.25, 0.3) is 5.69 Å². The molecule has 33 heavy (non-hydrogen) atoms. The molecule has 4 rings (SSSR count). The molecule has 0 saturated carbocycles. The van der Waals surface area contributed by atoms with E-state index in [4.69, 9.17) is 9.26 Å². The Hall–Kier alpha value is -4.25. The summed E-state index contributed by atoms with van der Waals surface area (Å²) < 4.78 is 15.9. The summed E-state index contributed by atoms with van der Waals surface area (Å²) in [6.07, 6.45) is -0.0837. The Kier molecular flexibility index (Phi) is 6.05. The summed E-state index contributed by atoms with van der Waals surface area (Å²) in [4.78, 5) is 38.0. The van der Waals surface area contributed by atoms with Crippen LogP contribution in [0.3, 0.4) is 0 Å². The van der Waals surface area contributed by atoms with Gasteiger partial charge in [0.25, 0.3) is 11.6 Å². The van der Waals surface area contributed by atoms with E-state index < -0.39 is 29.8 Å². The van der Waals surface area contributed by atoms with E-state index in [0.29, 0.717) is 22.7 Å². The van der Waals surface area contributed by atoms with Crippen molar-refractivity contribution in [3.63, 3.8) is 0 Å². The predicted octanol–water partition coefficient (Wildman–Crippen LogP) is 0.242. The standard InChI is InChI=1S/C22H20N4O7/c1-31-16-9-7-15(8-10-16)26-18(22(30)33-24-26)12-23-17-11-19(27)25(20(17)28)14-5-3-13(4-6-14)21(29)32-2/h3-10,17,23H,11-12H2,1-2H3. The van der Waals surface area contributed by atoms with Gasteiger partial charge >= 0.3 is 5.97 Å². The van der Waals surface area contributed by atoms with Crippen LogP contribution in [0.4, 0.5) is 5.69 Å². The fourth-order valence-electron chi connectivity index (χ4n) is 3.49. The molecule has 1 unspecified atom stereocenters. The number of hydrogen-bond donors (Lipinski definition) is 1. The number of amides is 2. The topological polar surface area (TPSA) is 138 Å². The second kappa shape index (κ2) is 9.09. The van der Waals surface area contributed by atoms with Gasteiger partial charge in [-0.2, -0.15) is 0 Å². The molecule has 0 aliphatic carbocycles. The lowest BCUT2D eigenvalue weighted by molar-refractivity contribution is -0.677. The number of carbonyl (C=O) groups excluding carboxylic acids is 3. The van der Waals surface area contributed by atoms with Gasteiger partial charge in [0.15, 0.2) is 5.95 Å². The second-order valence-corrected chi connectivity index (χ2v) is 7.16. The van der Waals surface area contributed by atoms with E-state index in [9.17, 15) is 19.5 Å². The summed E-state index contributed by atoms with van der Waals surface area (Å²) in [5, 5.41) is 18.9. The highest BCUT2D eigenvalue weighted by molar-refractivity contribution is 6.22. The van der Waals surface area contributed by atoms with Crippen molar-refractivity contribution in [2.75, 3.05) is 19.1 Å². The number of anilines is 1. The van der Waals surface area contributed by atoms with E-state index in [0.717, 1.165) is 4.90 Å². The molecule has 0 spiro atoms. The number of esters is 1. The fourth-order valence-corrected chi connectivity index (χ4v) is 3.49.